The molecule has 0 aromatic heterocycles. The van der Waals surface area contributed by atoms with Gasteiger partial charge in [-0.2, -0.15) is 17.0 Å². The number of thioether (sulfide) groups is 1. The number of nitrogens with zero attached hydrogens (tertiary/aromatic N) is 1. The second-order valence-electron chi connectivity index (χ2n) is 2.45. The lowest BCUT2D eigenvalue weighted by Gasteiger charge is -2.01. The van der Waals surface area contributed by atoms with Gasteiger partial charge in [0.05, 0.1) is 24.7 Å². The van der Waals surface area contributed by atoms with Crippen LogP contribution in [-0.2, 0) is 9.59 Å². The number of nitriles is 1. The highest BCUT2D eigenvalue weighted by molar-refractivity contribution is 7.99. The van der Waals surface area contributed by atoms with E-state index in [9.17, 15) is 9.59 Å². The third-order valence-corrected chi connectivity index (χ3v) is 2.21. The Morgan fingerprint density at radius 1 is 1.50 bits per heavy atom. The maximum Gasteiger partial charge on any atom is 0.304 e. The van der Waals surface area contributed by atoms with E-state index in [4.69, 9.17) is 10.4 Å². The van der Waals surface area contributed by atoms with Gasteiger partial charge in [0.2, 0.25) is 5.91 Å². The standard InChI is InChI=1S/C8H12N2O3S/c9-3-1-4-10-7(11)6-14-5-2-8(12)13/h1-2,4-6H2,(H,10,11)(H,12,13). The summed E-state index contributed by atoms with van der Waals surface area (Å²) in [6, 6.07) is 1.91. The highest BCUT2D eigenvalue weighted by Gasteiger charge is 2.01. The molecule has 0 heterocycles. The fraction of sp³-hybridized carbons (Fsp3) is 0.625. The molecule has 0 fully saturated rings. The van der Waals surface area contributed by atoms with Gasteiger partial charge in [-0.05, 0) is 0 Å². The van der Waals surface area contributed by atoms with E-state index < -0.39 is 5.97 Å². The van der Waals surface area contributed by atoms with Crippen LogP contribution in [0.5, 0.6) is 0 Å². The van der Waals surface area contributed by atoms with Crippen molar-refractivity contribution >= 4 is 23.6 Å². The van der Waals surface area contributed by atoms with Gasteiger partial charge in [0.1, 0.15) is 0 Å². The van der Waals surface area contributed by atoms with E-state index in [0.717, 1.165) is 0 Å². The van der Waals surface area contributed by atoms with Gasteiger partial charge in [-0.15, -0.1) is 0 Å². The molecule has 0 aromatic rings. The highest BCUT2D eigenvalue weighted by atomic mass is 32.2. The molecule has 14 heavy (non-hydrogen) atoms. The zero-order valence-corrected chi connectivity index (χ0v) is 8.47. The van der Waals surface area contributed by atoms with Crippen molar-refractivity contribution in [3.63, 3.8) is 0 Å². The van der Waals surface area contributed by atoms with Crippen LogP contribution in [0.1, 0.15) is 12.8 Å². The van der Waals surface area contributed by atoms with Gasteiger partial charge in [0, 0.05) is 12.3 Å². The van der Waals surface area contributed by atoms with Crippen LogP contribution in [0.2, 0.25) is 0 Å². The fourth-order valence-electron chi connectivity index (χ4n) is 0.633. The van der Waals surface area contributed by atoms with Crippen molar-refractivity contribution in [2.24, 2.45) is 0 Å². The van der Waals surface area contributed by atoms with Gasteiger partial charge in [-0.3, -0.25) is 9.59 Å². The SMILES string of the molecule is N#CCCNC(=O)CSCCC(=O)O. The summed E-state index contributed by atoms with van der Waals surface area (Å²) < 4.78 is 0. The maximum atomic E-state index is 11.0. The molecule has 6 heteroatoms. The van der Waals surface area contributed by atoms with E-state index in [0.29, 0.717) is 18.7 Å². The second kappa shape index (κ2) is 8.38. The Balaban J connectivity index is 3.28. The van der Waals surface area contributed by atoms with Crippen LogP contribution < -0.4 is 5.32 Å². The summed E-state index contributed by atoms with van der Waals surface area (Å²) >= 11 is 1.27. The van der Waals surface area contributed by atoms with Crippen LogP contribution >= 0.6 is 11.8 Å². The smallest absolute Gasteiger partial charge is 0.304 e. The topological polar surface area (TPSA) is 90.2 Å². The molecule has 0 aliphatic rings. The molecule has 0 atom stereocenters. The number of nitrogens with one attached hydrogen (secondary N) is 1. The zero-order chi connectivity index (χ0) is 10.8. The minimum Gasteiger partial charge on any atom is -0.481 e. The molecule has 5 nitrogen and oxygen atoms in total. The Labute approximate surface area is 86.5 Å². The molecule has 0 aliphatic carbocycles. The Hall–Kier alpha value is -1.22. The van der Waals surface area contributed by atoms with Crippen LogP contribution in [0.25, 0.3) is 0 Å². The van der Waals surface area contributed by atoms with Crippen LogP contribution in [0, 0.1) is 11.3 Å². The molecule has 0 aliphatic heterocycles. The van der Waals surface area contributed by atoms with Crippen molar-refractivity contribution in [2.75, 3.05) is 18.1 Å². The number of carbonyl (C=O) groups is 2. The number of carbonyl (C=O) groups excluding carboxylic acids is 1. The van der Waals surface area contributed by atoms with E-state index in [1.54, 1.807) is 0 Å². The van der Waals surface area contributed by atoms with Crippen molar-refractivity contribution in [1.29, 1.82) is 5.26 Å². The number of carboxylic acid groups (broad SMARTS) is 1. The summed E-state index contributed by atoms with van der Waals surface area (Å²) in [6.45, 7) is 0.356. The summed E-state index contributed by atoms with van der Waals surface area (Å²) in [6.07, 6.45) is 0.363. The lowest BCUT2D eigenvalue weighted by molar-refractivity contribution is -0.136. The van der Waals surface area contributed by atoms with Crippen molar-refractivity contribution in [1.82, 2.24) is 5.32 Å². The largest absolute Gasteiger partial charge is 0.481 e. The van der Waals surface area contributed by atoms with Gasteiger partial charge >= 0.3 is 5.97 Å². The van der Waals surface area contributed by atoms with Crippen molar-refractivity contribution < 1.29 is 14.7 Å². The van der Waals surface area contributed by atoms with Gasteiger partial charge in [-0.25, -0.2) is 0 Å². The van der Waals surface area contributed by atoms with Crippen LogP contribution in [0.15, 0.2) is 0 Å². The molecule has 0 unspecified atom stereocenters. The number of amides is 1. The van der Waals surface area contributed by atoms with E-state index in [1.165, 1.54) is 11.8 Å². The molecule has 78 valence electrons. The molecule has 0 spiro atoms. The molecule has 0 bridgehead atoms. The normalized spacial score (nSPS) is 9.07. The third kappa shape index (κ3) is 8.87. The molecule has 0 rings (SSSR count). The molecule has 0 radical (unpaired) electrons. The van der Waals surface area contributed by atoms with Crippen LogP contribution in [-0.4, -0.2) is 35.0 Å². The first kappa shape index (κ1) is 12.8. The summed E-state index contributed by atoms with van der Waals surface area (Å²) in [4.78, 5) is 21.1. The second-order valence-corrected chi connectivity index (χ2v) is 3.56. The Morgan fingerprint density at radius 2 is 2.21 bits per heavy atom. The highest BCUT2D eigenvalue weighted by Crippen LogP contribution is 2.01. The lowest BCUT2D eigenvalue weighted by Crippen LogP contribution is -2.26. The predicted molar refractivity (Wildman–Crippen MR) is 52.8 cm³/mol. The predicted octanol–water partition coefficient (Wildman–Crippen LogP) is 0.224. The molecule has 2 N–H and O–H groups in total. The number of hydrogen-bond donors (Lipinski definition) is 2. The first-order valence-electron chi connectivity index (χ1n) is 4.10. The molecule has 1 amide bonds. The van der Waals surface area contributed by atoms with Gasteiger partial charge in [0.25, 0.3) is 0 Å². The molecular formula is C8H12N2O3S. The fourth-order valence-corrected chi connectivity index (χ4v) is 1.38. The zero-order valence-electron chi connectivity index (χ0n) is 7.65. The summed E-state index contributed by atoms with van der Waals surface area (Å²) in [5.74, 6) is -0.335. The first-order chi connectivity index (χ1) is 6.66. The molecule has 0 saturated heterocycles. The Bertz CT molecular complexity index is 237. The van der Waals surface area contributed by atoms with Crippen LogP contribution in [0.3, 0.4) is 0 Å². The number of aliphatic carboxylic acids is 1. The van der Waals surface area contributed by atoms with Gasteiger partial charge < -0.3 is 10.4 Å². The summed E-state index contributed by atoms with van der Waals surface area (Å²) in [7, 11) is 0. The van der Waals surface area contributed by atoms with Gasteiger partial charge in [0.15, 0.2) is 0 Å². The van der Waals surface area contributed by atoms with Crippen LogP contribution in [0.4, 0.5) is 0 Å². The minimum atomic E-state index is -0.859. The average Bonchev–Trinajstić information content (AvgIpc) is 2.13. The maximum absolute atomic E-state index is 11.0. The van der Waals surface area contributed by atoms with E-state index in [2.05, 4.69) is 5.32 Å². The third-order valence-electron chi connectivity index (χ3n) is 1.25. The monoisotopic (exact) mass is 216 g/mol. The molecule has 0 saturated carbocycles. The molecule has 0 aromatic carbocycles. The lowest BCUT2D eigenvalue weighted by atomic mass is 10.4. The summed E-state index contributed by atoms with van der Waals surface area (Å²) in [5.41, 5.74) is 0. The summed E-state index contributed by atoms with van der Waals surface area (Å²) in [5, 5.41) is 19.0. The average molecular weight is 216 g/mol. The Kier molecular flexibility index (Phi) is 7.65. The first-order valence-corrected chi connectivity index (χ1v) is 5.25. The van der Waals surface area contributed by atoms with Gasteiger partial charge in [-0.1, -0.05) is 0 Å². The van der Waals surface area contributed by atoms with Crippen molar-refractivity contribution in [2.45, 2.75) is 12.8 Å². The minimum absolute atomic E-state index is 0.0656. The number of hydrogen-bond acceptors (Lipinski definition) is 4. The van der Waals surface area contributed by atoms with E-state index >= 15 is 0 Å². The molecular weight excluding hydrogens is 204 g/mol. The van der Waals surface area contributed by atoms with Crippen molar-refractivity contribution in [3.05, 3.63) is 0 Å². The van der Waals surface area contributed by atoms with E-state index in [1.807, 2.05) is 6.07 Å². The van der Waals surface area contributed by atoms with Crippen molar-refractivity contribution in [3.8, 4) is 6.07 Å². The van der Waals surface area contributed by atoms with E-state index in [-0.39, 0.29) is 18.1 Å². The number of carboxylic acids is 1. The quantitative estimate of drug-likeness (QED) is 0.594. The Morgan fingerprint density at radius 3 is 2.79 bits per heavy atom. The number of rotatable bonds is 7.